The van der Waals surface area contributed by atoms with Crippen LogP contribution in [0.5, 0.6) is 0 Å². The number of carbonyl (C=O) groups excluding carboxylic acids is 3. The summed E-state index contributed by atoms with van der Waals surface area (Å²) in [4.78, 5) is 35.0. The Kier molecular flexibility index (Phi) is 5.08. The first-order valence-electron chi connectivity index (χ1n) is 6.89. The number of aromatic nitrogens is 2. The zero-order valence-corrected chi connectivity index (χ0v) is 12.8. The Labute approximate surface area is 132 Å². The van der Waals surface area contributed by atoms with Crippen LogP contribution < -0.4 is 16.0 Å². The van der Waals surface area contributed by atoms with Crippen LogP contribution in [0.15, 0.2) is 36.5 Å². The largest absolute Gasteiger partial charge is 0.355 e. The van der Waals surface area contributed by atoms with Crippen molar-refractivity contribution < 1.29 is 14.4 Å². The van der Waals surface area contributed by atoms with E-state index >= 15 is 0 Å². The highest BCUT2D eigenvalue weighted by Gasteiger charge is 2.11. The fourth-order valence-corrected chi connectivity index (χ4v) is 1.84. The molecule has 120 valence electrons. The van der Waals surface area contributed by atoms with Crippen LogP contribution in [0.25, 0.3) is 0 Å². The van der Waals surface area contributed by atoms with Gasteiger partial charge in [-0.05, 0) is 30.3 Å². The van der Waals surface area contributed by atoms with Gasteiger partial charge in [-0.15, -0.1) is 0 Å². The zero-order chi connectivity index (χ0) is 16.8. The van der Waals surface area contributed by atoms with Crippen LogP contribution in [-0.2, 0) is 11.8 Å². The van der Waals surface area contributed by atoms with Crippen LogP contribution >= 0.6 is 0 Å². The molecular weight excluding hydrogens is 298 g/mol. The number of hydrogen-bond acceptors (Lipinski definition) is 4. The first-order chi connectivity index (χ1) is 11.0. The lowest BCUT2D eigenvalue weighted by atomic mass is 10.2. The highest BCUT2D eigenvalue weighted by molar-refractivity contribution is 5.99. The summed E-state index contributed by atoms with van der Waals surface area (Å²) in [5.74, 6) is -0.997. The second-order valence-corrected chi connectivity index (χ2v) is 4.76. The molecule has 1 heterocycles. The van der Waals surface area contributed by atoms with Crippen molar-refractivity contribution in [3.8, 4) is 0 Å². The van der Waals surface area contributed by atoms with Crippen molar-refractivity contribution in [3.63, 3.8) is 0 Å². The molecule has 8 nitrogen and oxygen atoms in total. The molecular formula is C15H17N5O3. The first kappa shape index (κ1) is 16.2. The van der Waals surface area contributed by atoms with Crippen molar-refractivity contribution in [2.24, 2.45) is 7.05 Å². The summed E-state index contributed by atoms with van der Waals surface area (Å²) < 4.78 is 1.50. The molecule has 1 aromatic carbocycles. The van der Waals surface area contributed by atoms with Crippen molar-refractivity contribution in [1.82, 2.24) is 20.4 Å². The van der Waals surface area contributed by atoms with Crippen LogP contribution in [0.3, 0.4) is 0 Å². The second-order valence-electron chi connectivity index (χ2n) is 4.76. The highest BCUT2D eigenvalue weighted by Crippen LogP contribution is 2.09. The Morgan fingerprint density at radius 1 is 1.09 bits per heavy atom. The number of rotatable bonds is 5. The fourth-order valence-electron chi connectivity index (χ4n) is 1.84. The summed E-state index contributed by atoms with van der Waals surface area (Å²) >= 11 is 0. The van der Waals surface area contributed by atoms with Gasteiger partial charge in [-0.2, -0.15) is 5.10 Å². The number of nitrogens with one attached hydrogen (secondary N) is 3. The van der Waals surface area contributed by atoms with Gasteiger partial charge in [0.2, 0.25) is 5.91 Å². The van der Waals surface area contributed by atoms with Crippen LogP contribution in [0.2, 0.25) is 0 Å². The maximum atomic E-state index is 11.8. The van der Waals surface area contributed by atoms with E-state index in [0.717, 1.165) is 0 Å². The number of amides is 3. The number of aryl methyl sites for hydroxylation is 1. The fraction of sp³-hybridized carbons (Fsp3) is 0.200. The van der Waals surface area contributed by atoms with E-state index in [9.17, 15) is 14.4 Å². The minimum absolute atomic E-state index is 0.174. The summed E-state index contributed by atoms with van der Waals surface area (Å²) in [6.45, 7) is -0.174. The lowest BCUT2D eigenvalue weighted by Gasteiger charge is -2.07. The quantitative estimate of drug-likeness (QED) is 0.730. The molecule has 0 atom stereocenters. The molecule has 0 aliphatic carbocycles. The molecule has 0 saturated heterocycles. The summed E-state index contributed by atoms with van der Waals surface area (Å²) in [5, 5.41) is 11.6. The Morgan fingerprint density at radius 3 is 2.35 bits per heavy atom. The minimum Gasteiger partial charge on any atom is -0.355 e. The minimum atomic E-state index is -0.421. The van der Waals surface area contributed by atoms with Crippen molar-refractivity contribution in [2.45, 2.75) is 0 Å². The maximum Gasteiger partial charge on any atom is 0.272 e. The standard InChI is InChI=1S/C15H17N5O3/c1-16-14(22)10-3-5-11(6-4-10)18-13(21)9-17-15(23)12-7-8-20(2)19-12/h3-8H,9H2,1-2H3,(H,16,22)(H,17,23)(H,18,21). The van der Waals surface area contributed by atoms with Gasteiger partial charge in [0.15, 0.2) is 0 Å². The average Bonchev–Trinajstić information content (AvgIpc) is 2.99. The average molecular weight is 315 g/mol. The Hall–Kier alpha value is -3.16. The lowest BCUT2D eigenvalue weighted by Crippen LogP contribution is -2.33. The molecule has 3 amide bonds. The van der Waals surface area contributed by atoms with Gasteiger partial charge in [0, 0.05) is 31.5 Å². The topological polar surface area (TPSA) is 105 Å². The van der Waals surface area contributed by atoms with Crippen molar-refractivity contribution >= 4 is 23.4 Å². The van der Waals surface area contributed by atoms with E-state index in [2.05, 4.69) is 21.0 Å². The number of nitrogens with zero attached hydrogens (tertiary/aromatic N) is 2. The van der Waals surface area contributed by atoms with Gasteiger partial charge in [-0.3, -0.25) is 19.1 Å². The van der Waals surface area contributed by atoms with E-state index in [1.54, 1.807) is 50.6 Å². The van der Waals surface area contributed by atoms with Crippen molar-refractivity contribution in [3.05, 3.63) is 47.8 Å². The molecule has 2 aromatic rings. The Bertz CT molecular complexity index is 721. The van der Waals surface area contributed by atoms with Gasteiger partial charge in [0.25, 0.3) is 11.8 Å². The van der Waals surface area contributed by atoms with Gasteiger partial charge in [0.05, 0.1) is 6.54 Å². The highest BCUT2D eigenvalue weighted by atomic mass is 16.2. The molecule has 23 heavy (non-hydrogen) atoms. The molecule has 0 unspecified atom stereocenters. The van der Waals surface area contributed by atoms with Gasteiger partial charge in [0.1, 0.15) is 5.69 Å². The van der Waals surface area contributed by atoms with Crippen LogP contribution in [-0.4, -0.2) is 41.1 Å². The Balaban J connectivity index is 1.85. The van der Waals surface area contributed by atoms with E-state index in [4.69, 9.17) is 0 Å². The first-order valence-corrected chi connectivity index (χ1v) is 6.89. The zero-order valence-electron chi connectivity index (χ0n) is 12.8. The maximum absolute atomic E-state index is 11.8. The summed E-state index contributed by atoms with van der Waals surface area (Å²) in [6, 6.07) is 7.98. The van der Waals surface area contributed by atoms with Crippen molar-refractivity contribution in [2.75, 3.05) is 18.9 Å². The normalized spacial score (nSPS) is 10.0. The molecule has 0 aliphatic rings. The van der Waals surface area contributed by atoms with E-state index in [0.29, 0.717) is 11.3 Å². The van der Waals surface area contributed by atoms with E-state index in [-0.39, 0.29) is 24.1 Å². The predicted octanol–water partition coefficient (Wildman–Crippen LogP) is 0.148. The summed E-state index contributed by atoms with van der Waals surface area (Å²) in [5.41, 5.74) is 1.28. The van der Waals surface area contributed by atoms with Gasteiger partial charge >= 0.3 is 0 Å². The molecule has 0 bridgehead atoms. The van der Waals surface area contributed by atoms with Crippen molar-refractivity contribution in [1.29, 1.82) is 0 Å². The molecule has 8 heteroatoms. The molecule has 1 aromatic heterocycles. The van der Waals surface area contributed by atoms with Crippen LogP contribution in [0, 0.1) is 0 Å². The summed E-state index contributed by atoms with van der Waals surface area (Å²) in [6.07, 6.45) is 1.64. The lowest BCUT2D eigenvalue weighted by molar-refractivity contribution is -0.115. The molecule has 3 N–H and O–H groups in total. The number of carbonyl (C=O) groups is 3. The summed E-state index contributed by atoms with van der Waals surface area (Å²) in [7, 11) is 3.24. The van der Waals surface area contributed by atoms with Gasteiger partial charge < -0.3 is 16.0 Å². The predicted molar refractivity (Wildman–Crippen MR) is 84.0 cm³/mol. The molecule has 0 saturated carbocycles. The van der Waals surface area contributed by atoms with Crippen LogP contribution in [0.4, 0.5) is 5.69 Å². The monoisotopic (exact) mass is 315 g/mol. The smallest absolute Gasteiger partial charge is 0.272 e. The molecule has 0 radical (unpaired) electrons. The van der Waals surface area contributed by atoms with Gasteiger partial charge in [-0.25, -0.2) is 0 Å². The molecule has 0 spiro atoms. The molecule has 0 fully saturated rings. The molecule has 0 aliphatic heterocycles. The van der Waals surface area contributed by atoms with E-state index < -0.39 is 5.91 Å². The van der Waals surface area contributed by atoms with E-state index in [1.165, 1.54) is 4.68 Å². The van der Waals surface area contributed by atoms with Gasteiger partial charge in [-0.1, -0.05) is 0 Å². The second kappa shape index (κ2) is 7.21. The molecule has 2 rings (SSSR count). The SMILES string of the molecule is CNC(=O)c1ccc(NC(=O)CNC(=O)c2ccn(C)n2)cc1. The third-order valence-corrected chi connectivity index (χ3v) is 3.01. The number of benzene rings is 1. The van der Waals surface area contributed by atoms with Crippen LogP contribution in [0.1, 0.15) is 20.8 Å². The third kappa shape index (κ3) is 4.40. The number of hydrogen-bond donors (Lipinski definition) is 3. The Morgan fingerprint density at radius 2 is 1.78 bits per heavy atom. The number of anilines is 1. The third-order valence-electron chi connectivity index (χ3n) is 3.01. The van der Waals surface area contributed by atoms with E-state index in [1.807, 2.05) is 0 Å².